The quantitative estimate of drug-likeness (QED) is 0.560. The first-order chi connectivity index (χ1) is 15.5. The number of aryl methyl sites for hydroxylation is 2. The lowest BCUT2D eigenvalue weighted by Crippen LogP contribution is -2.49. The summed E-state index contributed by atoms with van der Waals surface area (Å²) in [7, 11) is -7.21. The Morgan fingerprint density at radius 2 is 1.62 bits per heavy atom. The third-order valence-electron chi connectivity index (χ3n) is 6.24. The van der Waals surface area contributed by atoms with Gasteiger partial charge in [-0.1, -0.05) is 17.7 Å². The molecule has 2 fully saturated rings. The van der Waals surface area contributed by atoms with Gasteiger partial charge >= 0.3 is 0 Å². The fourth-order valence-electron chi connectivity index (χ4n) is 4.56. The maximum absolute atomic E-state index is 13.3. The van der Waals surface area contributed by atoms with E-state index < -0.39 is 19.9 Å². The molecule has 0 aliphatic carbocycles. The highest BCUT2D eigenvalue weighted by Crippen LogP contribution is 2.30. The maximum atomic E-state index is 13.3. The Bertz CT molecular complexity index is 1300. The molecule has 2 aliphatic heterocycles. The Morgan fingerprint density at radius 1 is 0.941 bits per heavy atom. The van der Waals surface area contributed by atoms with Gasteiger partial charge in [0.1, 0.15) is 0 Å². The summed E-state index contributed by atoms with van der Waals surface area (Å²) in [6.45, 7) is 6.66. The van der Waals surface area contributed by atoms with Crippen molar-refractivity contribution in [2.45, 2.75) is 25.2 Å². The molecule has 0 saturated carbocycles. The van der Waals surface area contributed by atoms with E-state index in [-0.39, 0.29) is 44.8 Å². The molecular formula is C23H30BrN3O5S2. The number of halogens is 1. The number of nitrogens with zero attached hydrogens (tertiary/aromatic N) is 3. The van der Waals surface area contributed by atoms with Gasteiger partial charge in [0, 0.05) is 44.7 Å². The fourth-order valence-corrected chi connectivity index (χ4v) is 7.01. The topological polar surface area (TPSA) is 95.1 Å². The predicted molar refractivity (Wildman–Crippen MR) is 140 cm³/mol. The second-order valence-electron chi connectivity index (χ2n) is 8.76. The van der Waals surface area contributed by atoms with Crippen molar-refractivity contribution < 1.29 is 21.6 Å². The Morgan fingerprint density at radius 3 is 2.18 bits per heavy atom. The Kier molecular flexibility index (Phi) is 7.69. The first kappa shape index (κ1) is 26.5. The van der Waals surface area contributed by atoms with Crippen LogP contribution in [0.5, 0.6) is 0 Å². The average molecular weight is 573 g/mol. The lowest BCUT2D eigenvalue weighted by Gasteiger charge is -2.37. The van der Waals surface area contributed by atoms with Gasteiger partial charge in [-0.25, -0.2) is 16.8 Å². The largest absolute Gasteiger partial charge is 0.368 e. The van der Waals surface area contributed by atoms with E-state index in [2.05, 4.69) is 36.9 Å². The molecule has 0 spiro atoms. The molecule has 0 atom stereocenters. The molecule has 0 N–H and O–H groups in total. The van der Waals surface area contributed by atoms with Crippen molar-refractivity contribution in [2.75, 3.05) is 53.9 Å². The number of anilines is 2. The zero-order valence-electron chi connectivity index (χ0n) is 19.5. The van der Waals surface area contributed by atoms with Crippen LogP contribution in [0.1, 0.15) is 27.9 Å². The van der Waals surface area contributed by atoms with Crippen LogP contribution in [0.2, 0.25) is 0 Å². The molecule has 34 heavy (non-hydrogen) atoms. The standard InChI is InChI=1S/C23H29N3O5S2.BrH/c1-17-5-8-21(18(2)15-17)24-10-12-25(13-11-24)23(27)20-7-6-19(16-22(20)32(3,28)29)26-9-4-14-33(26,30)31;/h5-8,15-16H,4,9-14H2,1-3H3;1H. The van der Waals surface area contributed by atoms with Gasteiger partial charge in [0.05, 0.1) is 21.9 Å². The normalized spacial score (nSPS) is 18.0. The summed E-state index contributed by atoms with van der Waals surface area (Å²) in [5.74, 6) is -0.321. The number of piperazine rings is 1. The van der Waals surface area contributed by atoms with Gasteiger partial charge in [-0.2, -0.15) is 0 Å². The summed E-state index contributed by atoms with van der Waals surface area (Å²) in [4.78, 5) is 17.1. The average Bonchev–Trinajstić information content (AvgIpc) is 3.11. The highest BCUT2D eigenvalue weighted by atomic mass is 79.9. The molecule has 2 aromatic carbocycles. The van der Waals surface area contributed by atoms with Gasteiger partial charge in [-0.3, -0.25) is 9.10 Å². The molecule has 2 saturated heterocycles. The molecule has 0 radical (unpaired) electrons. The van der Waals surface area contributed by atoms with Crippen molar-refractivity contribution in [3.63, 3.8) is 0 Å². The highest BCUT2D eigenvalue weighted by molar-refractivity contribution is 8.93. The molecule has 2 heterocycles. The Hall–Kier alpha value is -2.11. The van der Waals surface area contributed by atoms with Crippen molar-refractivity contribution in [2.24, 2.45) is 0 Å². The van der Waals surface area contributed by atoms with Crippen molar-refractivity contribution in [1.82, 2.24) is 4.90 Å². The summed E-state index contributed by atoms with van der Waals surface area (Å²) in [6, 6.07) is 10.6. The van der Waals surface area contributed by atoms with Crippen LogP contribution in [0.15, 0.2) is 41.3 Å². The van der Waals surface area contributed by atoms with Gasteiger partial charge in [-0.15, -0.1) is 17.0 Å². The van der Waals surface area contributed by atoms with Gasteiger partial charge in [0.15, 0.2) is 9.84 Å². The van der Waals surface area contributed by atoms with Crippen molar-refractivity contribution >= 4 is 54.1 Å². The summed E-state index contributed by atoms with van der Waals surface area (Å²) >= 11 is 0. The van der Waals surface area contributed by atoms with Crippen LogP contribution in [0.25, 0.3) is 0 Å². The van der Waals surface area contributed by atoms with Crippen LogP contribution in [-0.2, 0) is 19.9 Å². The summed E-state index contributed by atoms with van der Waals surface area (Å²) < 4.78 is 50.8. The number of amides is 1. The lowest BCUT2D eigenvalue weighted by molar-refractivity contribution is 0.0743. The van der Waals surface area contributed by atoms with Gasteiger partial charge in [0.25, 0.3) is 5.91 Å². The van der Waals surface area contributed by atoms with Crippen LogP contribution < -0.4 is 9.21 Å². The lowest BCUT2D eigenvalue weighted by atomic mass is 10.1. The zero-order valence-corrected chi connectivity index (χ0v) is 22.9. The van der Waals surface area contributed by atoms with Gasteiger partial charge < -0.3 is 9.80 Å². The molecule has 186 valence electrons. The van der Waals surface area contributed by atoms with Gasteiger partial charge in [-0.05, 0) is 50.1 Å². The molecule has 0 bridgehead atoms. The second kappa shape index (κ2) is 9.87. The van der Waals surface area contributed by atoms with Crippen molar-refractivity contribution in [3.8, 4) is 0 Å². The number of hydrogen-bond donors (Lipinski definition) is 0. The van der Waals surface area contributed by atoms with Crippen LogP contribution >= 0.6 is 17.0 Å². The molecule has 4 rings (SSSR count). The number of rotatable bonds is 4. The van der Waals surface area contributed by atoms with E-state index >= 15 is 0 Å². The van der Waals surface area contributed by atoms with E-state index in [0.717, 1.165) is 11.9 Å². The van der Waals surface area contributed by atoms with E-state index in [1.54, 1.807) is 4.90 Å². The van der Waals surface area contributed by atoms with Crippen molar-refractivity contribution in [3.05, 3.63) is 53.1 Å². The molecule has 2 aliphatic rings. The number of benzene rings is 2. The SMILES string of the molecule is Br.Cc1ccc(N2CCN(C(=O)c3ccc(N4CCCS4(=O)=O)cc3S(C)(=O)=O)CC2)c(C)c1. The van der Waals surface area contributed by atoms with E-state index in [4.69, 9.17) is 0 Å². The van der Waals surface area contributed by atoms with E-state index in [9.17, 15) is 21.6 Å². The van der Waals surface area contributed by atoms with Crippen LogP contribution in [0.4, 0.5) is 11.4 Å². The second-order valence-corrected chi connectivity index (χ2v) is 12.8. The third-order valence-corrected chi connectivity index (χ3v) is 9.25. The molecular weight excluding hydrogens is 542 g/mol. The third kappa shape index (κ3) is 5.26. The summed E-state index contributed by atoms with van der Waals surface area (Å²) in [6.07, 6.45) is 1.53. The molecule has 8 nitrogen and oxygen atoms in total. The molecule has 11 heteroatoms. The minimum absolute atomic E-state index is 0. The number of sulfonamides is 1. The first-order valence-electron chi connectivity index (χ1n) is 10.9. The minimum Gasteiger partial charge on any atom is -0.368 e. The molecule has 1 amide bonds. The number of sulfone groups is 1. The fraction of sp³-hybridized carbons (Fsp3) is 0.435. The number of hydrogen-bond acceptors (Lipinski definition) is 6. The smallest absolute Gasteiger partial charge is 0.255 e. The number of carbonyl (C=O) groups is 1. The summed E-state index contributed by atoms with van der Waals surface area (Å²) in [5, 5.41) is 0. The molecule has 0 aromatic heterocycles. The predicted octanol–water partition coefficient (Wildman–Crippen LogP) is 2.79. The zero-order chi connectivity index (χ0) is 24.0. The Balaban J connectivity index is 0.00000324. The first-order valence-corrected chi connectivity index (χ1v) is 14.4. The monoisotopic (exact) mass is 571 g/mol. The highest BCUT2D eigenvalue weighted by Gasteiger charge is 2.32. The van der Waals surface area contributed by atoms with E-state index in [1.807, 2.05) is 0 Å². The number of carbonyl (C=O) groups excluding carboxylic acids is 1. The van der Waals surface area contributed by atoms with Gasteiger partial charge in [0.2, 0.25) is 10.0 Å². The van der Waals surface area contributed by atoms with Crippen LogP contribution in [0, 0.1) is 13.8 Å². The van der Waals surface area contributed by atoms with E-state index in [0.29, 0.717) is 39.1 Å². The maximum Gasteiger partial charge on any atom is 0.255 e. The summed E-state index contributed by atoms with van der Waals surface area (Å²) in [5.41, 5.74) is 3.88. The molecule has 0 unspecified atom stereocenters. The molecule has 2 aromatic rings. The minimum atomic E-state index is -3.75. The van der Waals surface area contributed by atoms with Crippen LogP contribution in [-0.4, -0.2) is 72.4 Å². The van der Waals surface area contributed by atoms with E-state index in [1.165, 1.54) is 33.6 Å². The Labute approximate surface area is 212 Å². The van der Waals surface area contributed by atoms with Crippen molar-refractivity contribution in [1.29, 1.82) is 0 Å². The van der Waals surface area contributed by atoms with Crippen LogP contribution in [0.3, 0.4) is 0 Å².